The Kier molecular flexibility index (Phi) is 5.33. The van der Waals surface area contributed by atoms with Gasteiger partial charge in [-0.2, -0.15) is 0 Å². The van der Waals surface area contributed by atoms with E-state index in [2.05, 4.69) is 4.90 Å². The van der Waals surface area contributed by atoms with E-state index in [4.69, 9.17) is 5.73 Å². The van der Waals surface area contributed by atoms with Crippen molar-refractivity contribution < 1.29 is 14.7 Å². The van der Waals surface area contributed by atoms with Crippen LogP contribution in [0.1, 0.15) is 41.6 Å². The Morgan fingerprint density at radius 2 is 2.10 bits per heavy atom. The molecule has 5 nitrogen and oxygen atoms in total. The molecule has 0 aliphatic carbocycles. The van der Waals surface area contributed by atoms with Crippen molar-refractivity contribution in [2.24, 2.45) is 11.7 Å². The van der Waals surface area contributed by atoms with Crippen molar-refractivity contribution in [3.8, 4) is 0 Å². The second-order valence-electron chi connectivity index (χ2n) is 5.71. The number of carbonyl (C=O) groups excluding carboxylic acids is 1. The number of aromatic carboxylic acids is 1. The van der Waals surface area contributed by atoms with E-state index in [1.54, 1.807) is 12.1 Å². The molecule has 1 amide bonds. The van der Waals surface area contributed by atoms with Crippen molar-refractivity contribution in [3.05, 3.63) is 35.4 Å². The summed E-state index contributed by atoms with van der Waals surface area (Å²) in [6, 6.07) is 7.14. The monoisotopic (exact) mass is 290 g/mol. The molecule has 21 heavy (non-hydrogen) atoms. The van der Waals surface area contributed by atoms with Crippen LogP contribution in [0, 0.1) is 5.92 Å². The Balaban J connectivity index is 1.96. The summed E-state index contributed by atoms with van der Waals surface area (Å²) in [6.45, 7) is 2.53. The minimum absolute atomic E-state index is 0.247. The van der Waals surface area contributed by atoms with Crippen molar-refractivity contribution in [2.45, 2.75) is 32.2 Å². The van der Waals surface area contributed by atoms with Gasteiger partial charge in [0.1, 0.15) is 0 Å². The maximum absolute atomic E-state index is 11.2. The van der Waals surface area contributed by atoms with Crippen LogP contribution < -0.4 is 5.73 Å². The number of nitrogens with two attached hydrogens (primary N) is 1. The molecule has 1 aromatic rings. The predicted molar refractivity (Wildman–Crippen MR) is 79.8 cm³/mol. The lowest BCUT2D eigenvalue weighted by Gasteiger charge is -2.33. The summed E-state index contributed by atoms with van der Waals surface area (Å²) in [5.41, 5.74) is 6.42. The number of rotatable bonds is 6. The smallest absolute Gasteiger partial charge is 0.336 e. The fraction of sp³-hybridized carbons (Fsp3) is 0.500. The van der Waals surface area contributed by atoms with Crippen molar-refractivity contribution in [1.82, 2.24) is 4.90 Å². The molecule has 5 heteroatoms. The molecule has 114 valence electrons. The zero-order valence-electron chi connectivity index (χ0n) is 12.1. The summed E-state index contributed by atoms with van der Waals surface area (Å²) in [7, 11) is 0. The van der Waals surface area contributed by atoms with Gasteiger partial charge in [-0.25, -0.2) is 4.79 Å². The Hall–Kier alpha value is -1.88. The number of hydrogen-bond donors (Lipinski definition) is 2. The summed E-state index contributed by atoms with van der Waals surface area (Å²) >= 11 is 0. The minimum Gasteiger partial charge on any atom is -0.478 e. The van der Waals surface area contributed by atoms with E-state index in [0.29, 0.717) is 24.4 Å². The van der Waals surface area contributed by atoms with Gasteiger partial charge in [0.15, 0.2) is 0 Å². The van der Waals surface area contributed by atoms with Gasteiger partial charge in [0.05, 0.1) is 5.56 Å². The largest absolute Gasteiger partial charge is 0.478 e. The molecule has 3 N–H and O–H groups in total. The highest BCUT2D eigenvalue weighted by Gasteiger charge is 2.21. The summed E-state index contributed by atoms with van der Waals surface area (Å²) in [5.74, 6) is -0.653. The fourth-order valence-electron chi connectivity index (χ4n) is 2.98. The van der Waals surface area contributed by atoms with E-state index in [1.807, 2.05) is 12.1 Å². The number of amides is 1. The number of carboxylic acid groups (broad SMARTS) is 1. The van der Waals surface area contributed by atoms with E-state index >= 15 is 0 Å². The molecule has 0 bridgehead atoms. The van der Waals surface area contributed by atoms with E-state index < -0.39 is 5.97 Å². The van der Waals surface area contributed by atoms with Crippen LogP contribution >= 0.6 is 0 Å². The zero-order chi connectivity index (χ0) is 15.2. The number of primary amides is 1. The van der Waals surface area contributed by atoms with E-state index in [9.17, 15) is 14.7 Å². The van der Waals surface area contributed by atoms with Gasteiger partial charge in [0.2, 0.25) is 5.91 Å². The van der Waals surface area contributed by atoms with Crippen molar-refractivity contribution in [1.29, 1.82) is 0 Å². The fourth-order valence-corrected chi connectivity index (χ4v) is 2.98. The van der Waals surface area contributed by atoms with Crippen LogP contribution in [0.25, 0.3) is 0 Å². The van der Waals surface area contributed by atoms with E-state index in [1.165, 1.54) is 0 Å². The third-order valence-corrected chi connectivity index (χ3v) is 4.04. The van der Waals surface area contributed by atoms with Gasteiger partial charge in [0, 0.05) is 19.5 Å². The highest BCUT2D eigenvalue weighted by molar-refractivity contribution is 5.89. The van der Waals surface area contributed by atoms with Gasteiger partial charge < -0.3 is 10.8 Å². The summed E-state index contributed by atoms with van der Waals surface area (Å²) in [4.78, 5) is 24.4. The topological polar surface area (TPSA) is 83.6 Å². The van der Waals surface area contributed by atoms with Crippen LogP contribution in [0.4, 0.5) is 0 Å². The first-order chi connectivity index (χ1) is 10.1. The molecule has 1 heterocycles. The number of likely N-dealkylation sites (tertiary alicyclic amines) is 1. The molecule has 0 saturated carbocycles. The first kappa shape index (κ1) is 15.5. The molecule has 1 aliphatic heterocycles. The molecule has 0 unspecified atom stereocenters. The minimum atomic E-state index is -0.882. The van der Waals surface area contributed by atoms with E-state index in [0.717, 1.165) is 37.9 Å². The van der Waals surface area contributed by atoms with Crippen LogP contribution in [0.15, 0.2) is 24.3 Å². The highest BCUT2D eigenvalue weighted by Crippen LogP contribution is 2.23. The zero-order valence-corrected chi connectivity index (χ0v) is 12.1. The molecule has 0 aromatic heterocycles. The van der Waals surface area contributed by atoms with Crippen LogP contribution in [0.2, 0.25) is 0 Å². The second kappa shape index (κ2) is 7.22. The SMILES string of the molecule is NC(=O)CC[C@H]1CCCN(Cc2ccccc2C(=O)O)C1. The third-order valence-electron chi connectivity index (χ3n) is 4.04. The van der Waals surface area contributed by atoms with Crippen molar-refractivity contribution in [3.63, 3.8) is 0 Å². The Bertz CT molecular complexity index is 516. The summed E-state index contributed by atoms with van der Waals surface area (Å²) in [5, 5.41) is 9.22. The van der Waals surface area contributed by atoms with Gasteiger partial charge in [-0.15, -0.1) is 0 Å². The molecular formula is C16H22N2O3. The van der Waals surface area contributed by atoms with Crippen molar-refractivity contribution >= 4 is 11.9 Å². The normalized spacial score (nSPS) is 19.3. The summed E-state index contributed by atoms with van der Waals surface area (Å²) < 4.78 is 0. The Morgan fingerprint density at radius 3 is 2.81 bits per heavy atom. The molecule has 2 rings (SSSR count). The molecule has 1 saturated heterocycles. The maximum atomic E-state index is 11.2. The third kappa shape index (κ3) is 4.56. The number of carbonyl (C=O) groups is 2. The number of piperidine rings is 1. The van der Waals surface area contributed by atoms with Gasteiger partial charge in [0.25, 0.3) is 0 Å². The average molecular weight is 290 g/mol. The first-order valence-electron chi connectivity index (χ1n) is 7.38. The molecular weight excluding hydrogens is 268 g/mol. The number of hydrogen-bond acceptors (Lipinski definition) is 3. The van der Waals surface area contributed by atoms with Gasteiger partial charge >= 0.3 is 5.97 Å². The quantitative estimate of drug-likeness (QED) is 0.837. The van der Waals surface area contributed by atoms with Gasteiger partial charge in [-0.05, 0) is 43.4 Å². The number of nitrogens with zero attached hydrogens (tertiary/aromatic N) is 1. The molecule has 0 radical (unpaired) electrons. The maximum Gasteiger partial charge on any atom is 0.336 e. The Morgan fingerprint density at radius 1 is 1.33 bits per heavy atom. The molecule has 1 atom stereocenters. The van der Waals surface area contributed by atoms with Crippen LogP contribution in [-0.2, 0) is 11.3 Å². The summed E-state index contributed by atoms with van der Waals surface area (Å²) in [6.07, 6.45) is 3.46. The standard InChI is InChI=1S/C16H22N2O3/c17-15(19)8-7-12-4-3-9-18(10-12)11-13-5-1-2-6-14(13)16(20)21/h1-2,5-6,12H,3-4,7-11H2,(H2,17,19)(H,20,21)/t12-/m1/s1. The van der Waals surface area contributed by atoms with Gasteiger partial charge in [-0.3, -0.25) is 9.69 Å². The van der Waals surface area contributed by atoms with Crippen LogP contribution in [0.5, 0.6) is 0 Å². The first-order valence-corrected chi connectivity index (χ1v) is 7.38. The molecule has 0 spiro atoms. The highest BCUT2D eigenvalue weighted by atomic mass is 16.4. The van der Waals surface area contributed by atoms with Crippen molar-refractivity contribution in [2.75, 3.05) is 13.1 Å². The lowest BCUT2D eigenvalue weighted by Crippen LogP contribution is -2.35. The van der Waals surface area contributed by atoms with Crippen LogP contribution in [-0.4, -0.2) is 35.0 Å². The van der Waals surface area contributed by atoms with E-state index in [-0.39, 0.29) is 5.91 Å². The lowest BCUT2D eigenvalue weighted by molar-refractivity contribution is -0.118. The molecule has 1 aliphatic rings. The number of carboxylic acids is 1. The number of benzene rings is 1. The Labute approximate surface area is 124 Å². The van der Waals surface area contributed by atoms with Crippen LogP contribution in [0.3, 0.4) is 0 Å². The average Bonchev–Trinajstić information content (AvgIpc) is 2.46. The molecule has 1 aromatic carbocycles. The molecule has 1 fully saturated rings. The predicted octanol–water partition coefficient (Wildman–Crippen LogP) is 1.86. The second-order valence-corrected chi connectivity index (χ2v) is 5.71. The lowest BCUT2D eigenvalue weighted by atomic mass is 9.92. The van der Waals surface area contributed by atoms with Gasteiger partial charge in [-0.1, -0.05) is 18.2 Å².